The Morgan fingerprint density at radius 2 is 0.621 bits per heavy atom. The number of aliphatic carboxylic acids is 1. The first kappa shape index (κ1) is 84.5. The van der Waals surface area contributed by atoms with Gasteiger partial charge in [0.05, 0.1) is 40.3 Å². The summed E-state index contributed by atoms with van der Waals surface area (Å²) in [6, 6.07) is 0. The molecule has 0 fully saturated rings. The predicted octanol–water partition coefficient (Wildman–Crippen LogP) is 22.6. The standard InChI is InChI=1S/C78H147NO8/c1-6-8-10-12-14-16-18-20-22-24-26-28-30-32-33-34-35-36-37-38-39-40-41-42-43-45-46-48-50-52-54-56-58-60-62-64-66-68-75(80)85-72-74(73-86-78(77(82)83)84-71-70-79(3,4)5)87-76(81)69-67-65-63-61-59-57-55-53-51-49-47-44-31-29-27-25-23-21-19-17-15-13-11-9-7-2/h19,21,24-27,74,78H,6-18,20,22-23,28-73H2,1-5H3/b21-19-,26-24-,27-25-. The first-order valence-electron chi connectivity index (χ1n) is 38.1. The zero-order chi connectivity index (χ0) is 63.3. The number of hydrogen-bond donors (Lipinski definition) is 0. The quantitative estimate of drug-likeness (QED) is 0.0195. The van der Waals surface area contributed by atoms with Crippen molar-refractivity contribution in [2.75, 3.05) is 47.5 Å². The predicted molar refractivity (Wildman–Crippen MR) is 371 cm³/mol. The number of unbranched alkanes of at least 4 members (excludes halogenated alkanes) is 51. The molecule has 0 radical (unpaired) electrons. The third-order valence-electron chi connectivity index (χ3n) is 17.4. The molecule has 0 saturated heterocycles. The molecule has 0 amide bonds. The van der Waals surface area contributed by atoms with Crippen LogP contribution >= 0.6 is 0 Å². The Labute approximate surface area is 540 Å². The van der Waals surface area contributed by atoms with E-state index in [1.165, 1.54) is 315 Å². The van der Waals surface area contributed by atoms with Crippen molar-refractivity contribution in [3.8, 4) is 0 Å². The number of hydrogen-bond acceptors (Lipinski definition) is 8. The highest BCUT2D eigenvalue weighted by Gasteiger charge is 2.22. The normalized spacial score (nSPS) is 12.8. The van der Waals surface area contributed by atoms with Gasteiger partial charge in [0.2, 0.25) is 0 Å². The van der Waals surface area contributed by atoms with Gasteiger partial charge in [-0.3, -0.25) is 9.59 Å². The second-order valence-corrected chi connectivity index (χ2v) is 27.3. The van der Waals surface area contributed by atoms with Gasteiger partial charge in [0.1, 0.15) is 13.2 Å². The molecule has 0 aromatic heterocycles. The summed E-state index contributed by atoms with van der Waals surface area (Å²) in [6.07, 6.45) is 85.5. The monoisotopic (exact) mass is 1230 g/mol. The van der Waals surface area contributed by atoms with Crippen LogP contribution in [-0.4, -0.2) is 82.3 Å². The number of likely N-dealkylation sites (N-methyl/N-ethyl adjacent to an activating group) is 1. The molecule has 0 heterocycles. The zero-order valence-corrected chi connectivity index (χ0v) is 58.7. The van der Waals surface area contributed by atoms with E-state index >= 15 is 0 Å². The molecule has 2 atom stereocenters. The minimum absolute atomic E-state index is 0.150. The van der Waals surface area contributed by atoms with Crippen LogP contribution in [-0.2, 0) is 33.3 Å². The molecule has 0 spiro atoms. The summed E-state index contributed by atoms with van der Waals surface area (Å²) < 4.78 is 22.8. The van der Waals surface area contributed by atoms with E-state index in [-0.39, 0.29) is 32.2 Å². The molecular formula is C78H147NO8. The maximum atomic E-state index is 12.9. The Hall–Kier alpha value is -2.49. The van der Waals surface area contributed by atoms with Crippen molar-refractivity contribution >= 4 is 17.9 Å². The molecule has 9 nitrogen and oxygen atoms in total. The van der Waals surface area contributed by atoms with Gasteiger partial charge in [0, 0.05) is 12.8 Å². The second-order valence-electron chi connectivity index (χ2n) is 27.3. The number of nitrogens with zero attached hydrogens (tertiary/aromatic N) is 1. The maximum Gasteiger partial charge on any atom is 0.306 e. The van der Waals surface area contributed by atoms with Gasteiger partial charge >= 0.3 is 11.9 Å². The molecule has 0 aliphatic rings. The van der Waals surface area contributed by atoms with E-state index in [0.29, 0.717) is 23.9 Å². The van der Waals surface area contributed by atoms with E-state index in [4.69, 9.17) is 18.9 Å². The summed E-state index contributed by atoms with van der Waals surface area (Å²) in [5.41, 5.74) is 0. The fourth-order valence-electron chi connectivity index (χ4n) is 11.5. The number of carboxylic acids is 1. The molecular weight excluding hydrogens is 1080 g/mol. The summed E-state index contributed by atoms with van der Waals surface area (Å²) in [6.45, 7) is 4.81. The molecule has 2 unspecified atom stereocenters. The van der Waals surface area contributed by atoms with E-state index < -0.39 is 24.3 Å². The van der Waals surface area contributed by atoms with Crippen molar-refractivity contribution in [3.63, 3.8) is 0 Å². The first-order chi connectivity index (χ1) is 42.6. The highest BCUT2D eigenvalue weighted by atomic mass is 16.7. The highest BCUT2D eigenvalue weighted by Crippen LogP contribution is 2.19. The van der Waals surface area contributed by atoms with Crippen LogP contribution in [0, 0.1) is 0 Å². The van der Waals surface area contributed by atoms with Crippen LogP contribution in [0.15, 0.2) is 36.5 Å². The Morgan fingerprint density at radius 3 is 0.920 bits per heavy atom. The molecule has 0 aliphatic heterocycles. The van der Waals surface area contributed by atoms with Crippen LogP contribution in [0.25, 0.3) is 0 Å². The third kappa shape index (κ3) is 70.8. The van der Waals surface area contributed by atoms with Gasteiger partial charge < -0.3 is 33.3 Å². The zero-order valence-electron chi connectivity index (χ0n) is 58.7. The van der Waals surface area contributed by atoms with E-state index in [2.05, 4.69) is 50.3 Å². The van der Waals surface area contributed by atoms with Gasteiger partial charge in [-0.15, -0.1) is 0 Å². The largest absolute Gasteiger partial charge is 0.545 e. The fourth-order valence-corrected chi connectivity index (χ4v) is 11.5. The van der Waals surface area contributed by atoms with E-state index in [1.54, 1.807) is 0 Å². The Balaban J connectivity index is 3.97. The van der Waals surface area contributed by atoms with Crippen LogP contribution in [0.4, 0.5) is 0 Å². The van der Waals surface area contributed by atoms with Gasteiger partial charge in [-0.1, -0.05) is 339 Å². The van der Waals surface area contributed by atoms with Crippen molar-refractivity contribution in [2.24, 2.45) is 0 Å². The van der Waals surface area contributed by atoms with Crippen molar-refractivity contribution in [3.05, 3.63) is 36.5 Å². The van der Waals surface area contributed by atoms with Crippen LogP contribution in [0.2, 0.25) is 0 Å². The molecule has 0 aromatic rings. The number of allylic oxidation sites excluding steroid dienone is 6. The average molecular weight is 1230 g/mol. The van der Waals surface area contributed by atoms with Crippen LogP contribution < -0.4 is 5.11 Å². The van der Waals surface area contributed by atoms with Crippen LogP contribution in [0.1, 0.15) is 386 Å². The van der Waals surface area contributed by atoms with Crippen molar-refractivity contribution < 1.29 is 42.9 Å². The van der Waals surface area contributed by atoms with Gasteiger partial charge in [-0.2, -0.15) is 0 Å². The molecule has 9 heteroatoms. The average Bonchev–Trinajstić information content (AvgIpc) is 3.59. The first-order valence-corrected chi connectivity index (χ1v) is 38.1. The summed E-state index contributed by atoms with van der Waals surface area (Å²) in [5, 5.41) is 11.8. The van der Waals surface area contributed by atoms with Gasteiger partial charge in [0.15, 0.2) is 12.4 Å². The Kier molecular flexibility index (Phi) is 67.4. The molecule has 0 aliphatic carbocycles. The second kappa shape index (κ2) is 69.4. The molecule has 0 rings (SSSR count). The summed E-state index contributed by atoms with van der Waals surface area (Å²) >= 11 is 0. The molecule has 0 saturated carbocycles. The third-order valence-corrected chi connectivity index (χ3v) is 17.4. The summed E-state index contributed by atoms with van der Waals surface area (Å²) in [5.74, 6) is -2.26. The smallest absolute Gasteiger partial charge is 0.306 e. The lowest BCUT2D eigenvalue weighted by atomic mass is 10.0. The minimum atomic E-state index is -1.62. The maximum absolute atomic E-state index is 12.9. The molecule has 0 N–H and O–H groups in total. The van der Waals surface area contributed by atoms with Crippen molar-refractivity contribution in [1.82, 2.24) is 0 Å². The van der Waals surface area contributed by atoms with Gasteiger partial charge in [0.25, 0.3) is 0 Å². The van der Waals surface area contributed by atoms with Gasteiger partial charge in [-0.25, -0.2) is 0 Å². The van der Waals surface area contributed by atoms with E-state index in [9.17, 15) is 19.5 Å². The van der Waals surface area contributed by atoms with Crippen LogP contribution in [0.3, 0.4) is 0 Å². The van der Waals surface area contributed by atoms with Gasteiger partial charge in [-0.05, 0) is 70.6 Å². The van der Waals surface area contributed by atoms with Crippen LogP contribution in [0.5, 0.6) is 0 Å². The molecule has 87 heavy (non-hydrogen) atoms. The Bertz CT molecular complexity index is 1520. The lowest BCUT2D eigenvalue weighted by molar-refractivity contribution is -0.870. The van der Waals surface area contributed by atoms with E-state index in [1.807, 2.05) is 21.1 Å². The number of carbonyl (C=O) groups excluding carboxylic acids is 3. The number of carboxylic acid groups (broad SMARTS) is 1. The molecule has 0 aromatic carbocycles. The van der Waals surface area contributed by atoms with Crippen molar-refractivity contribution in [1.29, 1.82) is 0 Å². The number of esters is 2. The number of ether oxygens (including phenoxy) is 4. The lowest BCUT2D eigenvalue weighted by Gasteiger charge is -2.26. The van der Waals surface area contributed by atoms with E-state index in [0.717, 1.165) is 38.5 Å². The lowest BCUT2D eigenvalue weighted by Crippen LogP contribution is -2.44. The topological polar surface area (TPSA) is 111 Å². The molecule has 0 bridgehead atoms. The number of carbonyl (C=O) groups is 3. The number of rotatable bonds is 72. The molecule has 512 valence electrons. The highest BCUT2D eigenvalue weighted by molar-refractivity contribution is 5.70. The minimum Gasteiger partial charge on any atom is -0.545 e. The summed E-state index contributed by atoms with van der Waals surface area (Å²) in [4.78, 5) is 37.5. The Morgan fingerprint density at radius 1 is 0.345 bits per heavy atom. The SMILES string of the molecule is CCCCCCC/C=C\C/C=C\CCCCCCCCCCCCCCCC(=O)OC(COC(=O)CCCCCCCCCCCCCCCCCCCCCCCCCCC/C=C\CCCCCCCCCC)COC(OCC[N+](C)(C)C)C(=O)[O-]. The number of quaternary nitrogens is 1. The fraction of sp³-hybridized carbons (Fsp3) is 0.885. The summed E-state index contributed by atoms with van der Waals surface area (Å²) in [7, 11) is 5.95. The van der Waals surface area contributed by atoms with Crippen molar-refractivity contribution in [2.45, 2.75) is 399 Å².